The maximum absolute atomic E-state index is 11.9. The van der Waals surface area contributed by atoms with E-state index in [0.29, 0.717) is 18.8 Å². The van der Waals surface area contributed by atoms with E-state index in [4.69, 9.17) is 5.73 Å². The fourth-order valence-electron chi connectivity index (χ4n) is 1.74. The Balaban J connectivity index is 2.06. The SMILES string of the molecule is Cn1ccc(C(=O)NCc2ccccc2C#CCN)n1. The molecule has 0 unspecified atom stereocenters. The van der Waals surface area contributed by atoms with Crippen LogP contribution in [0.15, 0.2) is 36.5 Å². The first-order chi connectivity index (χ1) is 9.70. The molecule has 1 heterocycles. The van der Waals surface area contributed by atoms with Crippen LogP contribution in [0.3, 0.4) is 0 Å². The molecule has 5 heteroatoms. The minimum atomic E-state index is -0.202. The van der Waals surface area contributed by atoms with E-state index in [1.807, 2.05) is 24.3 Å². The smallest absolute Gasteiger partial charge is 0.272 e. The summed E-state index contributed by atoms with van der Waals surface area (Å²) in [6, 6.07) is 9.33. The van der Waals surface area contributed by atoms with Gasteiger partial charge in [-0.15, -0.1) is 0 Å². The first kappa shape index (κ1) is 13.8. The summed E-state index contributed by atoms with van der Waals surface area (Å²) in [5, 5.41) is 6.89. The van der Waals surface area contributed by atoms with Gasteiger partial charge in [0.15, 0.2) is 0 Å². The molecule has 3 N–H and O–H groups in total. The predicted octanol–water partition coefficient (Wildman–Crippen LogP) is 0.660. The van der Waals surface area contributed by atoms with E-state index in [2.05, 4.69) is 22.3 Å². The Labute approximate surface area is 117 Å². The Morgan fingerprint density at radius 2 is 2.20 bits per heavy atom. The fraction of sp³-hybridized carbons (Fsp3) is 0.200. The third-order valence-electron chi connectivity index (χ3n) is 2.73. The van der Waals surface area contributed by atoms with Crippen LogP contribution < -0.4 is 11.1 Å². The summed E-state index contributed by atoms with van der Waals surface area (Å²) in [7, 11) is 1.77. The van der Waals surface area contributed by atoms with Crippen LogP contribution in [0, 0.1) is 11.8 Å². The van der Waals surface area contributed by atoms with Gasteiger partial charge in [0.1, 0.15) is 5.69 Å². The lowest BCUT2D eigenvalue weighted by Crippen LogP contribution is -2.23. The molecule has 1 aromatic carbocycles. The summed E-state index contributed by atoms with van der Waals surface area (Å²) >= 11 is 0. The number of nitrogens with zero attached hydrogens (tertiary/aromatic N) is 2. The van der Waals surface area contributed by atoms with Gasteiger partial charge in [-0.2, -0.15) is 5.10 Å². The predicted molar refractivity (Wildman–Crippen MR) is 76.8 cm³/mol. The summed E-state index contributed by atoms with van der Waals surface area (Å²) in [5.41, 5.74) is 7.60. The Hall–Kier alpha value is -2.58. The summed E-state index contributed by atoms with van der Waals surface area (Å²) in [4.78, 5) is 11.9. The highest BCUT2D eigenvalue weighted by Gasteiger charge is 2.08. The first-order valence-electron chi connectivity index (χ1n) is 6.25. The monoisotopic (exact) mass is 268 g/mol. The van der Waals surface area contributed by atoms with E-state index in [1.54, 1.807) is 24.0 Å². The lowest BCUT2D eigenvalue weighted by molar-refractivity contribution is 0.0945. The molecule has 2 rings (SSSR count). The van der Waals surface area contributed by atoms with Crippen molar-refractivity contribution in [2.24, 2.45) is 12.8 Å². The molecule has 0 fully saturated rings. The van der Waals surface area contributed by atoms with Crippen molar-refractivity contribution in [1.29, 1.82) is 0 Å². The molecule has 0 saturated carbocycles. The van der Waals surface area contributed by atoms with Crippen molar-refractivity contribution in [3.05, 3.63) is 53.3 Å². The second-order valence-corrected chi connectivity index (χ2v) is 4.22. The molecule has 0 aliphatic carbocycles. The Morgan fingerprint density at radius 3 is 2.90 bits per heavy atom. The number of nitrogens with one attached hydrogen (secondary N) is 1. The van der Waals surface area contributed by atoms with Crippen molar-refractivity contribution in [2.75, 3.05) is 6.54 Å². The van der Waals surface area contributed by atoms with Gasteiger partial charge in [-0.25, -0.2) is 0 Å². The van der Waals surface area contributed by atoms with Gasteiger partial charge >= 0.3 is 0 Å². The molecule has 1 aromatic heterocycles. The summed E-state index contributed by atoms with van der Waals surface area (Å²) < 4.78 is 1.59. The van der Waals surface area contributed by atoms with Gasteiger partial charge in [0.25, 0.3) is 5.91 Å². The lowest BCUT2D eigenvalue weighted by Gasteiger charge is -2.06. The van der Waals surface area contributed by atoms with Crippen LogP contribution in [0.2, 0.25) is 0 Å². The number of hydrogen-bond acceptors (Lipinski definition) is 3. The number of nitrogens with two attached hydrogens (primary N) is 1. The van der Waals surface area contributed by atoms with Gasteiger partial charge in [0, 0.05) is 25.4 Å². The minimum Gasteiger partial charge on any atom is -0.347 e. The molecule has 0 spiro atoms. The summed E-state index contributed by atoms with van der Waals surface area (Å²) in [6.07, 6.45) is 1.73. The van der Waals surface area contributed by atoms with Crippen LogP contribution in [0.1, 0.15) is 21.6 Å². The van der Waals surface area contributed by atoms with Crippen LogP contribution in [-0.2, 0) is 13.6 Å². The molecule has 20 heavy (non-hydrogen) atoms. The highest BCUT2D eigenvalue weighted by molar-refractivity contribution is 5.92. The second kappa shape index (κ2) is 6.55. The number of benzene rings is 1. The number of aryl methyl sites for hydroxylation is 1. The van der Waals surface area contributed by atoms with E-state index in [9.17, 15) is 4.79 Å². The Morgan fingerprint density at radius 1 is 1.40 bits per heavy atom. The molecular formula is C15H16N4O. The average molecular weight is 268 g/mol. The molecule has 102 valence electrons. The molecule has 0 atom stereocenters. The van der Waals surface area contributed by atoms with E-state index in [0.717, 1.165) is 11.1 Å². The zero-order chi connectivity index (χ0) is 14.4. The number of carbonyl (C=O) groups excluding carboxylic acids is 1. The number of carbonyl (C=O) groups is 1. The van der Waals surface area contributed by atoms with E-state index < -0.39 is 0 Å². The zero-order valence-electron chi connectivity index (χ0n) is 11.3. The van der Waals surface area contributed by atoms with Gasteiger partial charge < -0.3 is 11.1 Å². The third kappa shape index (κ3) is 3.46. The molecule has 1 amide bonds. The average Bonchev–Trinajstić information content (AvgIpc) is 2.90. The normalized spacial score (nSPS) is 9.70. The standard InChI is InChI=1S/C15H16N4O/c1-19-10-8-14(18-19)15(20)17-11-13-6-3-2-5-12(13)7-4-9-16/h2-3,5-6,8,10H,9,11,16H2,1H3,(H,17,20). The third-order valence-corrected chi connectivity index (χ3v) is 2.73. The first-order valence-corrected chi connectivity index (χ1v) is 6.25. The van der Waals surface area contributed by atoms with Crippen LogP contribution in [0.4, 0.5) is 0 Å². The summed E-state index contributed by atoms with van der Waals surface area (Å²) in [6.45, 7) is 0.722. The second-order valence-electron chi connectivity index (χ2n) is 4.22. The van der Waals surface area contributed by atoms with Crippen LogP contribution in [0.25, 0.3) is 0 Å². The van der Waals surface area contributed by atoms with Crippen LogP contribution in [-0.4, -0.2) is 22.2 Å². The molecular weight excluding hydrogens is 252 g/mol. The maximum atomic E-state index is 11.9. The fourth-order valence-corrected chi connectivity index (χ4v) is 1.74. The summed E-state index contributed by atoms with van der Waals surface area (Å²) in [5.74, 6) is 5.61. The molecule has 0 aliphatic rings. The van der Waals surface area contributed by atoms with E-state index in [-0.39, 0.29) is 5.91 Å². The van der Waals surface area contributed by atoms with Crippen LogP contribution in [0.5, 0.6) is 0 Å². The van der Waals surface area contributed by atoms with Gasteiger partial charge in [0.2, 0.25) is 0 Å². The van der Waals surface area contributed by atoms with Crippen LogP contribution >= 0.6 is 0 Å². The van der Waals surface area contributed by atoms with Crippen molar-refractivity contribution in [2.45, 2.75) is 6.54 Å². The van der Waals surface area contributed by atoms with Crippen molar-refractivity contribution in [3.8, 4) is 11.8 Å². The van der Waals surface area contributed by atoms with E-state index in [1.165, 1.54) is 0 Å². The lowest BCUT2D eigenvalue weighted by atomic mass is 10.1. The molecule has 0 radical (unpaired) electrons. The van der Waals surface area contributed by atoms with Crippen molar-refractivity contribution in [1.82, 2.24) is 15.1 Å². The molecule has 2 aromatic rings. The topological polar surface area (TPSA) is 72.9 Å². The Bertz CT molecular complexity index is 664. The van der Waals surface area contributed by atoms with Crippen molar-refractivity contribution < 1.29 is 4.79 Å². The number of hydrogen-bond donors (Lipinski definition) is 2. The molecule has 0 aliphatic heterocycles. The zero-order valence-corrected chi connectivity index (χ0v) is 11.3. The van der Waals surface area contributed by atoms with Crippen molar-refractivity contribution >= 4 is 5.91 Å². The number of rotatable bonds is 3. The largest absolute Gasteiger partial charge is 0.347 e. The van der Waals surface area contributed by atoms with Gasteiger partial charge in [-0.05, 0) is 17.7 Å². The minimum absolute atomic E-state index is 0.202. The van der Waals surface area contributed by atoms with Gasteiger partial charge in [-0.3, -0.25) is 9.48 Å². The number of aromatic nitrogens is 2. The quantitative estimate of drug-likeness (QED) is 0.803. The van der Waals surface area contributed by atoms with Gasteiger partial charge in [-0.1, -0.05) is 30.0 Å². The highest BCUT2D eigenvalue weighted by Crippen LogP contribution is 2.07. The highest BCUT2D eigenvalue weighted by atomic mass is 16.1. The molecule has 5 nitrogen and oxygen atoms in total. The van der Waals surface area contributed by atoms with Crippen molar-refractivity contribution in [3.63, 3.8) is 0 Å². The Kier molecular flexibility index (Phi) is 4.53. The molecule has 0 saturated heterocycles. The van der Waals surface area contributed by atoms with Gasteiger partial charge in [0.05, 0.1) is 6.54 Å². The maximum Gasteiger partial charge on any atom is 0.272 e. The molecule has 0 bridgehead atoms. The number of amides is 1. The van der Waals surface area contributed by atoms with E-state index >= 15 is 0 Å².